The molecule has 0 saturated heterocycles. The molecule has 0 unspecified atom stereocenters. The van der Waals surface area contributed by atoms with Crippen molar-refractivity contribution >= 4 is 32.8 Å². The van der Waals surface area contributed by atoms with Crippen LogP contribution in [0.25, 0.3) is 0 Å². The second-order valence-electron chi connectivity index (χ2n) is 6.35. The van der Waals surface area contributed by atoms with Gasteiger partial charge in [-0.25, -0.2) is 12.8 Å². The lowest BCUT2D eigenvalue weighted by molar-refractivity contribution is -0.890. The molecule has 2 aromatic carbocycles. The quantitative estimate of drug-likeness (QED) is 0.532. The number of likely N-dealkylation sites (N-methyl/N-ethyl adjacent to an activating group) is 1. The normalized spacial score (nSPS) is 12.8. The van der Waals surface area contributed by atoms with E-state index in [2.05, 4.69) is 5.32 Å². The van der Waals surface area contributed by atoms with Crippen LogP contribution in [0.1, 0.15) is 11.6 Å². The molecule has 0 aliphatic rings. The van der Waals surface area contributed by atoms with Crippen LogP contribution in [-0.2, 0) is 9.84 Å². The van der Waals surface area contributed by atoms with Crippen LogP contribution in [0, 0.1) is 15.9 Å². The minimum Gasteiger partial charge on any atom is -0.373 e. The molecule has 0 aromatic heterocycles. The first kappa shape index (κ1) is 21.1. The first-order chi connectivity index (χ1) is 12.5. The number of nitro groups is 1. The Hall–Kier alpha value is -2.23. The molecule has 2 aromatic rings. The molecule has 0 spiro atoms. The second kappa shape index (κ2) is 8.20. The topological polar surface area (TPSA) is 93.8 Å². The van der Waals surface area contributed by atoms with E-state index in [4.69, 9.17) is 11.6 Å². The van der Waals surface area contributed by atoms with E-state index in [1.54, 1.807) is 6.07 Å². The molecule has 2 rings (SSSR count). The molecule has 0 heterocycles. The molecule has 0 bridgehead atoms. The number of nitro benzene ring substituents is 1. The summed E-state index contributed by atoms with van der Waals surface area (Å²) in [7, 11) is 0.0536. The summed E-state index contributed by atoms with van der Waals surface area (Å²) in [6.07, 6.45) is 0.977. The van der Waals surface area contributed by atoms with Crippen molar-refractivity contribution in [3.05, 3.63) is 62.9 Å². The Balaban J connectivity index is 2.37. The second-order valence-corrected chi connectivity index (χ2v) is 8.78. The summed E-state index contributed by atoms with van der Waals surface area (Å²) in [6, 6.07) is 7.60. The smallest absolute Gasteiger partial charge is 0.293 e. The molecular weight excluding hydrogens is 397 g/mol. The minimum atomic E-state index is -3.58. The van der Waals surface area contributed by atoms with Gasteiger partial charge in [-0.2, -0.15) is 0 Å². The molecule has 27 heavy (non-hydrogen) atoms. The number of nitrogens with one attached hydrogen (secondary N) is 2. The van der Waals surface area contributed by atoms with Crippen LogP contribution < -0.4 is 10.2 Å². The molecule has 0 saturated carbocycles. The van der Waals surface area contributed by atoms with Gasteiger partial charge in [0.05, 0.1) is 41.0 Å². The number of nitrogens with zero attached hydrogens (tertiary/aromatic N) is 1. The zero-order chi connectivity index (χ0) is 20.4. The van der Waals surface area contributed by atoms with E-state index in [0.29, 0.717) is 5.56 Å². The maximum Gasteiger partial charge on any atom is 0.293 e. The highest BCUT2D eigenvalue weighted by Crippen LogP contribution is 2.29. The van der Waals surface area contributed by atoms with Crippen LogP contribution in [0.4, 0.5) is 15.8 Å². The van der Waals surface area contributed by atoms with Crippen LogP contribution in [-0.4, -0.2) is 40.2 Å². The largest absolute Gasteiger partial charge is 0.373 e. The number of anilines is 1. The van der Waals surface area contributed by atoms with Gasteiger partial charge in [-0.3, -0.25) is 10.1 Å². The zero-order valence-corrected chi connectivity index (χ0v) is 16.6. The van der Waals surface area contributed by atoms with Crippen LogP contribution in [0.5, 0.6) is 0 Å². The summed E-state index contributed by atoms with van der Waals surface area (Å²) in [4.78, 5) is 11.4. The number of benzene rings is 2. The van der Waals surface area contributed by atoms with E-state index < -0.39 is 26.6 Å². The predicted molar refractivity (Wildman–Crippen MR) is 102 cm³/mol. The van der Waals surface area contributed by atoms with Crippen molar-refractivity contribution in [3.8, 4) is 0 Å². The summed E-state index contributed by atoms with van der Waals surface area (Å²) in [5.74, 6) is -0.461. The number of hydrogen-bond acceptors (Lipinski definition) is 5. The van der Waals surface area contributed by atoms with Crippen molar-refractivity contribution in [1.82, 2.24) is 0 Å². The maximum absolute atomic E-state index is 14.3. The van der Waals surface area contributed by atoms with Gasteiger partial charge in [0.15, 0.2) is 9.84 Å². The first-order valence-electron chi connectivity index (χ1n) is 7.98. The van der Waals surface area contributed by atoms with Gasteiger partial charge in [-0.1, -0.05) is 17.7 Å². The van der Waals surface area contributed by atoms with Crippen LogP contribution in [0.15, 0.2) is 41.3 Å². The highest BCUT2D eigenvalue weighted by molar-refractivity contribution is 7.90. The Bertz CT molecular complexity index is 946. The van der Waals surface area contributed by atoms with Gasteiger partial charge in [0.2, 0.25) is 0 Å². The lowest BCUT2D eigenvalue weighted by Crippen LogP contribution is -3.06. The van der Waals surface area contributed by atoms with E-state index >= 15 is 0 Å². The van der Waals surface area contributed by atoms with Crippen molar-refractivity contribution in [2.24, 2.45) is 0 Å². The fourth-order valence-electron chi connectivity index (χ4n) is 2.69. The molecule has 146 valence electrons. The fourth-order valence-corrected chi connectivity index (χ4v) is 3.63. The van der Waals surface area contributed by atoms with Gasteiger partial charge >= 0.3 is 0 Å². The van der Waals surface area contributed by atoms with Crippen molar-refractivity contribution in [1.29, 1.82) is 0 Å². The number of halogens is 2. The first-order valence-corrected chi connectivity index (χ1v) is 10.3. The highest BCUT2D eigenvalue weighted by atomic mass is 35.5. The number of quaternary nitrogens is 1. The lowest BCUT2D eigenvalue weighted by atomic mass is 10.0. The van der Waals surface area contributed by atoms with Gasteiger partial charge in [0.1, 0.15) is 17.5 Å². The zero-order valence-electron chi connectivity index (χ0n) is 15.0. The van der Waals surface area contributed by atoms with Crippen molar-refractivity contribution in [3.63, 3.8) is 0 Å². The molecule has 0 aliphatic carbocycles. The lowest BCUT2D eigenvalue weighted by Gasteiger charge is -2.24. The van der Waals surface area contributed by atoms with Gasteiger partial charge < -0.3 is 10.2 Å². The number of hydrogen-bond donors (Lipinski definition) is 2. The van der Waals surface area contributed by atoms with E-state index in [1.165, 1.54) is 24.3 Å². The summed E-state index contributed by atoms with van der Waals surface area (Å²) < 4.78 is 37.5. The Morgan fingerprint density at radius 1 is 1.30 bits per heavy atom. The summed E-state index contributed by atoms with van der Waals surface area (Å²) in [6.45, 7) is 0.155. The SMILES string of the molecule is C[NH+](C)[C@@H](CNc1ccc(S(C)(=O)=O)cc1[N+](=O)[O-])c1c(F)cccc1Cl. The third-order valence-electron chi connectivity index (χ3n) is 4.14. The standard InChI is InChI=1S/C17H19ClFN3O4S/c1-21(2)16(17-12(18)5-4-6-13(17)19)10-20-14-8-7-11(27(3,25)26)9-15(14)22(23)24/h4-9,16,20H,10H2,1-3H3/p+1/t16-/m0/s1. The third-order valence-corrected chi connectivity index (χ3v) is 5.58. The third kappa shape index (κ3) is 4.94. The average Bonchev–Trinajstić information content (AvgIpc) is 2.56. The number of rotatable bonds is 7. The summed E-state index contributed by atoms with van der Waals surface area (Å²) >= 11 is 6.15. The molecular formula is C17H20ClFN3O4S+. The Labute approximate surface area is 161 Å². The monoisotopic (exact) mass is 416 g/mol. The van der Waals surface area contributed by atoms with E-state index in [1.807, 2.05) is 14.1 Å². The molecule has 0 fully saturated rings. The fraction of sp³-hybridized carbons (Fsp3) is 0.294. The average molecular weight is 417 g/mol. The Kier molecular flexibility index (Phi) is 6.40. The van der Waals surface area contributed by atoms with Gasteiger partial charge in [0.25, 0.3) is 5.69 Å². The van der Waals surface area contributed by atoms with Crippen LogP contribution in [0.2, 0.25) is 5.02 Å². The summed E-state index contributed by atoms with van der Waals surface area (Å²) in [5.41, 5.74) is 0.0817. The molecule has 0 radical (unpaired) electrons. The molecule has 7 nitrogen and oxygen atoms in total. The Morgan fingerprint density at radius 3 is 2.48 bits per heavy atom. The molecule has 10 heteroatoms. The van der Waals surface area contributed by atoms with Crippen molar-refractivity contribution in [2.45, 2.75) is 10.9 Å². The van der Waals surface area contributed by atoms with Gasteiger partial charge in [0, 0.05) is 12.3 Å². The molecule has 1 atom stereocenters. The van der Waals surface area contributed by atoms with Crippen LogP contribution in [0.3, 0.4) is 0 Å². The predicted octanol–water partition coefficient (Wildman–Crippen LogP) is 2.09. The van der Waals surface area contributed by atoms with E-state index in [-0.39, 0.29) is 27.8 Å². The Morgan fingerprint density at radius 2 is 1.96 bits per heavy atom. The van der Waals surface area contributed by atoms with E-state index in [9.17, 15) is 22.9 Å². The maximum atomic E-state index is 14.3. The van der Waals surface area contributed by atoms with E-state index in [0.717, 1.165) is 17.2 Å². The number of sulfone groups is 1. The van der Waals surface area contributed by atoms with Gasteiger partial charge in [-0.05, 0) is 24.3 Å². The minimum absolute atomic E-state index is 0.145. The van der Waals surface area contributed by atoms with Crippen molar-refractivity contribution < 1.29 is 22.6 Å². The molecule has 0 aliphatic heterocycles. The summed E-state index contributed by atoms with van der Waals surface area (Å²) in [5, 5.41) is 14.5. The van der Waals surface area contributed by atoms with Crippen molar-refractivity contribution in [2.75, 3.05) is 32.2 Å². The molecule has 2 N–H and O–H groups in total. The van der Waals surface area contributed by atoms with Crippen LogP contribution >= 0.6 is 11.6 Å². The molecule has 0 amide bonds. The van der Waals surface area contributed by atoms with Gasteiger partial charge in [-0.15, -0.1) is 0 Å². The highest BCUT2D eigenvalue weighted by Gasteiger charge is 2.26.